The molecule has 0 amide bonds. The molecule has 0 bridgehead atoms. The molecule has 29 heavy (non-hydrogen) atoms. The Kier molecular flexibility index (Phi) is 5.59. The van der Waals surface area contributed by atoms with E-state index in [1.807, 2.05) is 25.3 Å². The monoisotopic (exact) mass is 382 g/mol. The molecular weight excluding hydrogens is 356 g/mol. The van der Waals surface area contributed by atoms with Crippen molar-refractivity contribution in [1.82, 2.24) is 10.3 Å². The van der Waals surface area contributed by atoms with Crippen LogP contribution in [0.3, 0.4) is 0 Å². The lowest BCUT2D eigenvalue weighted by Gasteiger charge is -2.18. The topological polar surface area (TPSA) is 34.1 Å². The average Bonchev–Trinajstić information content (AvgIpc) is 2.77. The van der Waals surface area contributed by atoms with Gasteiger partial charge in [-0.25, -0.2) is 0 Å². The van der Waals surface area contributed by atoms with Gasteiger partial charge in [-0.3, -0.25) is 4.98 Å². The van der Waals surface area contributed by atoms with E-state index in [4.69, 9.17) is 4.74 Å². The van der Waals surface area contributed by atoms with E-state index in [1.165, 1.54) is 21.9 Å². The van der Waals surface area contributed by atoms with Crippen LogP contribution < -0.4 is 10.1 Å². The molecule has 3 nitrogen and oxygen atoms in total. The first-order valence-electron chi connectivity index (χ1n) is 9.96. The van der Waals surface area contributed by atoms with Crippen LogP contribution in [0.5, 0.6) is 5.75 Å². The molecule has 0 aliphatic carbocycles. The Hall–Kier alpha value is -3.17. The molecule has 3 heteroatoms. The van der Waals surface area contributed by atoms with Crippen molar-refractivity contribution in [3.05, 3.63) is 95.8 Å². The maximum atomic E-state index is 5.58. The van der Waals surface area contributed by atoms with E-state index < -0.39 is 0 Å². The summed E-state index contributed by atoms with van der Waals surface area (Å²) >= 11 is 0. The molecule has 1 heterocycles. The van der Waals surface area contributed by atoms with Crippen LogP contribution in [0.1, 0.15) is 29.8 Å². The van der Waals surface area contributed by atoms with Crippen molar-refractivity contribution < 1.29 is 4.74 Å². The number of fused-ring (bicyclic) bond motifs is 1. The summed E-state index contributed by atoms with van der Waals surface area (Å²) in [5.41, 5.74) is 5.68. The van der Waals surface area contributed by atoms with Gasteiger partial charge in [-0.05, 0) is 53.9 Å². The van der Waals surface area contributed by atoms with Crippen molar-refractivity contribution in [3.63, 3.8) is 0 Å². The highest BCUT2D eigenvalue weighted by atomic mass is 16.5. The maximum Gasteiger partial charge on any atom is 0.126 e. The van der Waals surface area contributed by atoms with E-state index in [0.717, 1.165) is 29.1 Å². The number of ether oxygens (including phenoxy) is 1. The second-order valence-electron chi connectivity index (χ2n) is 7.39. The van der Waals surface area contributed by atoms with Gasteiger partial charge in [0, 0.05) is 35.6 Å². The molecule has 1 aromatic heterocycles. The van der Waals surface area contributed by atoms with Crippen molar-refractivity contribution in [2.75, 3.05) is 7.11 Å². The van der Waals surface area contributed by atoms with Gasteiger partial charge in [0.05, 0.1) is 7.11 Å². The number of aromatic nitrogens is 1. The Bertz CT molecular complexity index is 1110. The molecule has 3 aromatic carbocycles. The molecule has 0 unspecified atom stereocenters. The number of hydrogen-bond donors (Lipinski definition) is 1. The van der Waals surface area contributed by atoms with Crippen molar-refractivity contribution in [2.24, 2.45) is 0 Å². The molecule has 0 radical (unpaired) electrons. The van der Waals surface area contributed by atoms with Gasteiger partial charge in [-0.15, -0.1) is 0 Å². The fourth-order valence-corrected chi connectivity index (χ4v) is 3.73. The zero-order valence-corrected chi connectivity index (χ0v) is 17.1. The SMILES string of the molecule is COc1ccc(CN[C@H](C)c2cccc3ccccc23)cc1-c1ccc(C)nc1. The number of nitrogens with one attached hydrogen (secondary N) is 1. The van der Waals surface area contributed by atoms with Crippen LogP contribution >= 0.6 is 0 Å². The van der Waals surface area contributed by atoms with Crippen LogP contribution in [0, 0.1) is 6.92 Å². The lowest BCUT2D eigenvalue weighted by atomic mass is 9.99. The number of methoxy groups -OCH3 is 1. The molecule has 4 aromatic rings. The smallest absolute Gasteiger partial charge is 0.126 e. The molecule has 0 fully saturated rings. The second-order valence-corrected chi connectivity index (χ2v) is 7.39. The van der Waals surface area contributed by atoms with Crippen LogP contribution in [-0.2, 0) is 6.54 Å². The van der Waals surface area contributed by atoms with E-state index in [9.17, 15) is 0 Å². The highest BCUT2D eigenvalue weighted by Gasteiger charge is 2.11. The Morgan fingerprint density at radius 2 is 1.79 bits per heavy atom. The average molecular weight is 383 g/mol. The third-order valence-corrected chi connectivity index (χ3v) is 5.39. The molecule has 4 rings (SSSR count). The number of pyridine rings is 1. The maximum absolute atomic E-state index is 5.58. The van der Waals surface area contributed by atoms with E-state index in [1.54, 1.807) is 7.11 Å². The van der Waals surface area contributed by atoms with Crippen LogP contribution in [0.4, 0.5) is 0 Å². The first-order valence-corrected chi connectivity index (χ1v) is 9.96. The first-order chi connectivity index (χ1) is 14.2. The quantitative estimate of drug-likeness (QED) is 0.439. The van der Waals surface area contributed by atoms with Crippen LogP contribution in [0.15, 0.2) is 79.0 Å². The van der Waals surface area contributed by atoms with Crippen LogP contribution in [-0.4, -0.2) is 12.1 Å². The highest BCUT2D eigenvalue weighted by molar-refractivity contribution is 5.86. The predicted molar refractivity (Wildman–Crippen MR) is 120 cm³/mol. The lowest BCUT2D eigenvalue weighted by molar-refractivity contribution is 0.416. The van der Waals surface area contributed by atoms with Crippen molar-refractivity contribution >= 4 is 10.8 Å². The van der Waals surface area contributed by atoms with E-state index in [2.05, 4.69) is 77.9 Å². The number of hydrogen-bond acceptors (Lipinski definition) is 3. The highest BCUT2D eigenvalue weighted by Crippen LogP contribution is 2.31. The third kappa shape index (κ3) is 4.15. The van der Waals surface area contributed by atoms with Crippen molar-refractivity contribution in [2.45, 2.75) is 26.4 Å². The number of rotatable bonds is 6. The number of benzene rings is 3. The van der Waals surface area contributed by atoms with Crippen molar-refractivity contribution in [1.29, 1.82) is 0 Å². The van der Waals surface area contributed by atoms with Gasteiger partial charge in [-0.2, -0.15) is 0 Å². The molecule has 1 atom stereocenters. The first kappa shape index (κ1) is 19.2. The standard InChI is InChI=1S/C26H26N2O/c1-18-11-13-22(17-27-18)25-15-20(12-14-26(25)29-3)16-28-19(2)23-10-6-8-21-7-4-5-9-24(21)23/h4-15,17,19,28H,16H2,1-3H3/t19-/m1/s1. The summed E-state index contributed by atoms with van der Waals surface area (Å²) in [7, 11) is 1.71. The minimum absolute atomic E-state index is 0.243. The Morgan fingerprint density at radius 3 is 2.59 bits per heavy atom. The van der Waals surface area contributed by atoms with Gasteiger partial charge in [0.2, 0.25) is 0 Å². The number of nitrogens with zero attached hydrogens (tertiary/aromatic N) is 1. The summed E-state index contributed by atoms with van der Waals surface area (Å²) in [4.78, 5) is 4.43. The molecule has 1 N–H and O–H groups in total. The Balaban J connectivity index is 1.56. The van der Waals surface area contributed by atoms with Crippen LogP contribution in [0.25, 0.3) is 21.9 Å². The normalized spacial score (nSPS) is 12.1. The molecule has 146 valence electrons. The van der Waals surface area contributed by atoms with Crippen LogP contribution in [0.2, 0.25) is 0 Å². The molecule has 0 spiro atoms. The van der Waals surface area contributed by atoms with Gasteiger partial charge in [0.25, 0.3) is 0 Å². The minimum atomic E-state index is 0.243. The Labute approximate surface area is 172 Å². The molecular formula is C26H26N2O. The van der Waals surface area contributed by atoms with E-state index in [-0.39, 0.29) is 6.04 Å². The Morgan fingerprint density at radius 1 is 0.966 bits per heavy atom. The fourth-order valence-electron chi connectivity index (χ4n) is 3.73. The minimum Gasteiger partial charge on any atom is -0.496 e. The zero-order chi connectivity index (χ0) is 20.2. The van der Waals surface area contributed by atoms with Gasteiger partial charge < -0.3 is 10.1 Å². The van der Waals surface area contributed by atoms with Gasteiger partial charge >= 0.3 is 0 Å². The predicted octanol–water partition coefficient (Wildman–Crippen LogP) is 6.07. The van der Waals surface area contributed by atoms with Gasteiger partial charge in [-0.1, -0.05) is 54.6 Å². The number of aryl methyl sites for hydroxylation is 1. The van der Waals surface area contributed by atoms with Gasteiger partial charge in [0.15, 0.2) is 0 Å². The summed E-state index contributed by atoms with van der Waals surface area (Å²) in [5, 5.41) is 6.25. The second kappa shape index (κ2) is 8.46. The molecule has 0 saturated carbocycles. The molecule has 0 aliphatic rings. The summed E-state index contributed by atoms with van der Waals surface area (Å²) < 4.78 is 5.58. The third-order valence-electron chi connectivity index (χ3n) is 5.39. The zero-order valence-electron chi connectivity index (χ0n) is 17.1. The van der Waals surface area contributed by atoms with Gasteiger partial charge in [0.1, 0.15) is 5.75 Å². The molecule has 0 aliphatic heterocycles. The lowest BCUT2D eigenvalue weighted by Crippen LogP contribution is -2.18. The largest absolute Gasteiger partial charge is 0.496 e. The van der Waals surface area contributed by atoms with E-state index >= 15 is 0 Å². The summed E-state index contributed by atoms with van der Waals surface area (Å²) in [6.07, 6.45) is 1.91. The summed E-state index contributed by atoms with van der Waals surface area (Å²) in [5.74, 6) is 0.863. The van der Waals surface area contributed by atoms with Crippen molar-refractivity contribution in [3.8, 4) is 16.9 Å². The fraction of sp³-hybridized carbons (Fsp3) is 0.192. The van der Waals surface area contributed by atoms with E-state index in [0.29, 0.717) is 0 Å². The summed E-state index contributed by atoms with van der Waals surface area (Å²) in [6.45, 7) is 4.99. The summed E-state index contributed by atoms with van der Waals surface area (Å²) in [6, 6.07) is 25.8. The molecule has 0 saturated heterocycles.